The van der Waals surface area contributed by atoms with Crippen molar-refractivity contribution in [1.29, 1.82) is 0 Å². The smallest absolute Gasteiger partial charge is 0.128 e. The second kappa shape index (κ2) is 4.56. The summed E-state index contributed by atoms with van der Waals surface area (Å²) in [5.74, 6) is 0.130. The van der Waals surface area contributed by atoms with Gasteiger partial charge in [0.2, 0.25) is 0 Å². The van der Waals surface area contributed by atoms with Crippen molar-refractivity contribution in [3.8, 4) is 0 Å². The molecule has 2 heteroatoms. The maximum atomic E-state index is 13.5. The van der Waals surface area contributed by atoms with Crippen LogP contribution in [0.2, 0.25) is 0 Å². The summed E-state index contributed by atoms with van der Waals surface area (Å²) in [5, 5.41) is 0. The van der Waals surface area contributed by atoms with E-state index in [0.29, 0.717) is 11.5 Å². The van der Waals surface area contributed by atoms with Gasteiger partial charge in [-0.3, -0.25) is 0 Å². The Hall–Kier alpha value is -0.890. The lowest BCUT2D eigenvalue weighted by atomic mass is 9.92. The molecule has 0 aliphatic heterocycles. The van der Waals surface area contributed by atoms with Crippen molar-refractivity contribution < 1.29 is 4.39 Å². The Labute approximate surface area is 85.1 Å². The van der Waals surface area contributed by atoms with Gasteiger partial charge in [0.1, 0.15) is 5.82 Å². The Morgan fingerprint density at radius 2 is 2.07 bits per heavy atom. The fourth-order valence-electron chi connectivity index (χ4n) is 1.46. The zero-order chi connectivity index (χ0) is 10.7. The average Bonchev–Trinajstić information content (AvgIpc) is 2.15. The van der Waals surface area contributed by atoms with Gasteiger partial charge >= 0.3 is 0 Å². The summed E-state index contributed by atoms with van der Waals surface area (Å²) in [7, 11) is 0. The first-order chi connectivity index (χ1) is 6.56. The Morgan fingerprint density at radius 1 is 1.43 bits per heavy atom. The van der Waals surface area contributed by atoms with E-state index < -0.39 is 0 Å². The summed E-state index contributed by atoms with van der Waals surface area (Å²) < 4.78 is 13.5. The highest BCUT2D eigenvalue weighted by Crippen LogP contribution is 2.24. The Morgan fingerprint density at radius 3 is 2.57 bits per heavy atom. The van der Waals surface area contributed by atoms with E-state index in [9.17, 15) is 4.39 Å². The van der Waals surface area contributed by atoms with Crippen LogP contribution < -0.4 is 5.73 Å². The van der Waals surface area contributed by atoms with Crippen LogP contribution in [-0.4, -0.2) is 0 Å². The average molecular weight is 195 g/mol. The van der Waals surface area contributed by atoms with Crippen LogP contribution in [-0.2, 0) is 0 Å². The lowest BCUT2D eigenvalue weighted by Crippen LogP contribution is -2.19. The molecule has 0 amide bonds. The lowest BCUT2D eigenvalue weighted by molar-refractivity contribution is 0.439. The van der Waals surface area contributed by atoms with Crippen LogP contribution in [0.1, 0.15) is 37.4 Å². The van der Waals surface area contributed by atoms with Gasteiger partial charge in [-0.05, 0) is 24.5 Å². The zero-order valence-corrected chi connectivity index (χ0v) is 9.05. The molecule has 1 aromatic carbocycles. The van der Waals surface area contributed by atoms with Crippen molar-refractivity contribution in [2.75, 3.05) is 0 Å². The maximum Gasteiger partial charge on any atom is 0.128 e. The van der Waals surface area contributed by atoms with E-state index in [1.54, 1.807) is 6.07 Å². The molecule has 1 nitrogen and oxygen atoms in total. The zero-order valence-electron chi connectivity index (χ0n) is 9.05. The molecule has 1 rings (SSSR count). The van der Waals surface area contributed by atoms with Crippen LogP contribution in [0.15, 0.2) is 18.2 Å². The molecule has 0 saturated heterocycles. The van der Waals surface area contributed by atoms with Gasteiger partial charge in [0.15, 0.2) is 0 Å². The molecule has 0 fully saturated rings. The number of hydrogen-bond donors (Lipinski definition) is 1. The summed E-state index contributed by atoms with van der Waals surface area (Å²) in [6.45, 7) is 5.99. The van der Waals surface area contributed by atoms with E-state index in [2.05, 4.69) is 6.92 Å². The van der Waals surface area contributed by atoms with Gasteiger partial charge in [0.25, 0.3) is 0 Å². The maximum absolute atomic E-state index is 13.5. The highest BCUT2D eigenvalue weighted by Gasteiger charge is 2.16. The molecule has 0 bridgehead atoms. The number of rotatable bonds is 3. The first-order valence-corrected chi connectivity index (χ1v) is 5.08. The normalized spacial score (nSPS) is 15.2. The van der Waals surface area contributed by atoms with Crippen molar-refractivity contribution in [3.63, 3.8) is 0 Å². The summed E-state index contributed by atoms with van der Waals surface area (Å²) in [5.41, 5.74) is 7.52. The van der Waals surface area contributed by atoms with Gasteiger partial charge in [0.05, 0.1) is 0 Å². The van der Waals surface area contributed by atoms with Gasteiger partial charge in [-0.25, -0.2) is 4.39 Å². The Kier molecular flexibility index (Phi) is 3.64. The van der Waals surface area contributed by atoms with Gasteiger partial charge < -0.3 is 5.73 Å². The molecular weight excluding hydrogens is 177 g/mol. The minimum Gasteiger partial charge on any atom is -0.324 e. The molecule has 0 spiro atoms. The quantitative estimate of drug-likeness (QED) is 0.787. The predicted molar refractivity (Wildman–Crippen MR) is 57.5 cm³/mol. The van der Waals surface area contributed by atoms with Crippen molar-refractivity contribution in [1.82, 2.24) is 0 Å². The van der Waals surface area contributed by atoms with Crippen LogP contribution in [0.4, 0.5) is 4.39 Å². The monoisotopic (exact) mass is 195 g/mol. The largest absolute Gasteiger partial charge is 0.324 e. The third kappa shape index (κ3) is 2.32. The minimum atomic E-state index is -0.194. The summed E-state index contributed by atoms with van der Waals surface area (Å²) in [4.78, 5) is 0. The van der Waals surface area contributed by atoms with Crippen molar-refractivity contribution in [2.45, 2.75) is 33.2 Å². The van der Waals surface area contributed by atoms with Crippen LogP contribution in [0.25, 0.3) is 0 Å². The van der Waals surface area contributed by atoms with Crippen molar-refractivity contribution in [2.24, 2.45) is 11.7 Å². The number of benzene rings is 1. The molecule has 78 valence electrons. The highest BCUT2D eigenvalue weighted by molar-refractivity contribution is 5.26. The fourth-order valence-corrected chi connectivity index (χ4v) is 1.46. The van der Waals surface area contributed by atoms with E-state index in [1.807, 2.05) is 19.9 Å². The molecule has 2 N–H and O–H groups in total. The third-order valence-electron chi connectivity index (χ3n) is 2.77. The molecule has 14 heavy (non-hydrogen) atoms. The van der Waals surface area contributed by atoms with E-state index in [1.165, 1.54) is 6.07 Å². The third-order valence-corrected chi connectivity index (χ3v) is 2.77. The summed E-state index contributed by atoms with van der Waals surface area (Å²) in [6, 6.07) is 5.04. The van der Waals surface area contributed by atoms with Crippen LogP contribution in [0.3, 0.4) is 0 Å². The minimum absolute atomic E-state index is 0.183. The van der Waals surface area contributed by atoms with Gasteiger partial charge in [-0.2, -0.15) is 0 Å². The topological polar surface area (TPSA) is 26.0 Å². The molecular formula is C12H18FN. The van der Waals surface area contributed by atoms with E-state index in [-0.39, 0.29) is 11.9 Å². The molecule has 2 atom stereocenters. The Bertz CT molecular complexity index is 309. The van der Waals surface area contributed by atoms with Crippen LogP contribution in [0.5, 0.6) is 0 Å². The van der Waals surface area contributed by atoms with E-state index in [0.717, 1.165) is 12.0 Å². The molecule has 0 aromatic heterocycles. The summed E-state index contributed by atoms with van der Waals surface area (Å²) >= 11 is 0. The predicted octanol–water partition coefficient (Wildman–Crippen LogP) is 3.18. The SMILES string of the molecule is CCC(C)[C@H](N)c1ccc(C)cc1F. The van der Waals surface area contributed by atoms with E-state index >= 15 is 0 Å². The first kappa shape index (κ1) is 11.2. The molecule has 0 aliphatic carbocycles. The number of nitrogens with two attached hydrogens (primary N) is 1. The van der Waals surface area contributed by atoms with Crippen LogP contribution in [0, 0.1) is 18.7 Å². The first-order valence-electron chi connectivity index (χ1n) is 5.08. The molecule has 0 radical (unpaired) electrons. The molecule has 0 aliphatic rings. The number of hydrogen-bond acceptors (Lipinski definition) is 1. The van der Waals surface area contributed by atoms with Gasteiger partial charge in [-0.15, -0.1) is 0 Å². The van der Waals surface area contributed by atoms with Gasteiger partial charge in [-0.1, -0.05) is 32.4 Å². The lowest BCUT2D eigenvalue weighted by Gasteiger charge is -2.19. The van der Waals surface area contributed by atoms with Crippen molar-refractivity contribution in [3.05, 3.63) is 35.1 Å². The molecule has 0 heterocycles. The highest BCUT2D eigenvalue weighted by atomic mass is 19.1. The van der Waals surface area contributed by atoms with Crippen molar-refractivity contribution >= 4 is 0 Å². The Balaban J connectivity index is 2.95. The van der Waals surface area contributed by atoms with Crippen LogP contribution >= 0.6 is 0 Å². The number of aryl methyl sites for hydroxylation is 1. The van der Waals surface area contributed by atoms with E-state index in [4.69, 9.17) is 5.73 Å². The molecule has 1 unspecified atom stereocenters. The second-order valence-electron chi connectivity index (χ2n) is 3.94. The number of halogens is 1. The standard InChI is InChI=1S/C12H18FN/c1-4-9(3)12(14)10-6-5-8(2)7-11(10)13/h5-7,9,12H,4,14H2,1-3H3/t9?,12-/m0/s1. The summed E-state index contributed by atoms with van der Waals surface area (Å²) in [6.07, 6.45) is 0.967. The fraction of sp³-hybridized carbons (Fsp3) is 0.500. The molecule has 0 saturated carbocycles. The second-order valence-corrected chi connectivity index (χ2v) is 3.94. The van der Waals surface area contributed by atoms with Gasteiger partial charge in [0, 0.05) is 11.6 Å². The molecule has 1 aromatic rings.